The molecule has 9 aromatic carbocycles. The molecule has 714 valence electrons. The number of benzene rings is 9. The van der Waals surface area contributed by atoms with E-state index in [1.165, 1.54) is 51.6 Å². The summed E-state index contributed by atoms with van der Waals surface area (Å²) in [5, 5.41) is 2.66. The fourth-order valence-electron chi connectivity index (χ4n) is 17.8. The zero-order valence-electron chi connectivity index (χ0n) is 76.8. The van der Waals surface area contributed by atoms with Crippen LogP contribution < -0.4 is 56.5 Å². The van der Waals surface area contributed by atoms with Gasteiger partial charge in [-0.05, 0) is 228 Å². The minimum atomic E-state index is -0.653. The number of amides is 4. The van der Waals surface area contributed by atoms with Crippen molar-refractivity contribution >= 4 is 85.1 Å². The van der Waals surface area contributed by atoms with Crippen molar-refractivity contribution in [1.29, 1.82) is 0 Å². The second-order valence-electron chi connectivity index (χ2n) is 34.3. The maximum atomic E-state index is 14.2. The van der Waals surface area contributed by atoms with Gasteiger partial charge in [-0.15, -0.1) is 0 Å². The highest BCUT2D eigenvalue weighted by molar-refractivity contribution is 6.30. The lowest BCUT2D eigenvalue weighted by atomic mass is 10.2. The van der Waals surface area contributed by atoms with Gasteiger partial charge in [-0.3, -0.25) is 75.7 Å². The Morgan fingerprint density at radius 1 is 0.359 bits per heavy atom. The van der Waals surface area contributed by atoms with Crippen LogP contribution in [0.25, 0.3) is 72.6 Å². The number of hydrogen-bond donors (Lipinski definition) is 1. The van der Waals surface area contributed by atoms with Gasteiger partial charge in [-0.2, -0.15) is 0 Å². The average molecular weight is 1920 g/mol. The third kappa shape index (κ3) is 19.9. The number of hydrogen-bond acceptors (Lipinski definition) is 18. The van der Waals surface area contributed by atoms with E-state index in [9.17, 15) is 47.1 Å². The molecule has 0 spiro atoms. The number of rotatable bonds is 25. The quantitative estimate of drug-likeness (QED) is 0.0520. The highest BCUT2D eigenvalue weighted by Gasteiger charge is 2.35. The molecule has 3 aliphatic heterocycles. The van der Waals surface area contributed by atoms with Crippen LogP contribution >= 0.6 is 11.6 Å². The predicted octanol–water partition coefficient (Wildman–Crippen LogP) is 19.2. The van der Waals surface area contributed by atoms with Crippen LogP contribution in [0.1, 0.15) is 68.6 Å². The fourth-order valence-corrected chi connectivity index (χ4v) is 18.0. The van der Waals surface area contributed by atoms with Gasteiger partial charge in [0.05, 0.1) is 133 Å². The van der Waals surface area contributed by atoms with Gasteiger partial charge in [0.1, 0.15) is 57.6 Å². The van der Waals surface area contributed by atoms with Crippen molar-refractivity contribution in [2.24, 2.45) is 0 Å². The van der Waals surface area contributed by atoms with E-state index in [2.05, 4.69) is 51.6 Å². The van der Waals surface area contributed by atoms with Gasteiger partial charge in [0.15, 0.2) is 11.6 Å². The summed E-state index contributed by atoms with van der Waals surface area (Å²) in [5.74, 6) is 3.65. The van der Waals surface area contributed by atoms with Crippen LogP contribution in [0.15, 0.2) is 350 Å². The molecule has 11 heterocycles. The first-order valence-electron chi connectivity index (χ1n) is 46.1. The smallest absolute Gasteiger partial charge is 0.338 e. The van der Waals surface area contributed by atoms with Crippen molar-refractivity contribution in [1.82, 2.24) is 71.2 Å². The molecule has 30 nitrogen and oxygen atoms in total. The number of halogens is 3. The number of ether oxygens (including phenoxy) is 6. The maximum Gasteiger partial charge on any atom is 0.338 e. The molecule has 0 unspecified atom stereocenters. The molecule has 4 amide bonds. The summed E-state index contributed by atoms with van der Waals surface area (Å²) < 4.78 is 76.9. The predicted molar refractivity (Wildman–Crippen MR) is 536 cm³/mol. The lowest BCUT2D eigenvalue weighted by Crippen LogP contribution is -2.31. The summed E-state index contributed by atoms with van der Waals surface area (Å²) in [7, 11) is 0. The molecule has 0 bridgehead atoms. The van der Waals surface area contributed by atoms with Gasteiger partial charge < -0.3 is 48.4 Å². The minimum Gasteiger partial charge on any atom is -0.490 e. The monoisotopic (exact) mass is 1920 g/mol. The number of likely N-dealkylation sites (tertiary alicyclic amines) is 3. The van der Waals surface area contributed by atoms with Gasteiger partial charge >= 0.3 is 22.8 Å². The number of pyridine rings is 4. The molecule has 17 aromatic rings. The Balaban J connectivity index is 0.000000120. The van der Waals surface area contributed by atoms with Crippen LogP contribution in [0.4, 0.5) is 14.5 Å². The molecule has 1 N–H and O–H groups in total. The van der Waals surface area contributed by atoms with Gasteiger partial charge in [0.2, 0.25) is 23.6 Å². The van der Waals surface area contributed by atoms with E-state index in [4.69, 9.17) is 40.0 Å². The molecule has 3 saturated heterocycles. The van der Waals surface area contributed by atoms with Crippen molar-refractivity contribution < 1.29 is 56.4 Å². The molecule has 2 saturated carbocycles. The van der Waals surface area contributed by atoms with Crippen LogP contribution in [-0.2, 0) is 19.2 Å². The Hall–Kier alpha value is -17.6. The van der Waals surface area contributed by atoms with E-state index in [0.717, 1.165) is 53.7 Å². The van der Waals surface area contributed by atoms with E-state index in [0.29, 0.717) is 178 Å². The summed E-state index contributed by atoms with van der Waals surface area (Å²) in [6.07, 6.45) is 25.4. The van der Waals surface area contributed by atoms with Crippen molar-refractivity contribution in [3.05, 3.63) is 395 Å². The lowest BCUT2D eigenvalue weighted by molar-refractivity contribution is -0.125. The number of carbonyl (C=O) groups is 4. The minimum absolute atomic E-state index is 0.00310. The van der Waals surface area contributed by atoms with Gasteiger partial charge in [0, 0.05) is 106 Å². The standard InChI is InChI=1S/2C28H26N4O4.C27H18ClFN4O3.C26H23FN4O3/c2*1-2-27(33)30-14-12-20(18-30)32-25-11-13-29-17-26(25)31(28(32)34)19-5-3-6-22(15-19)36-24-8-4-7-23(16-24)35-21-9-10-21;1-2-25(34)31-17-5-3-6-19(15-17)33-22-13-14-30-16-23(22)32(27(33)35)18-9-11-20(12-10-18)36-24-8-4-7-21(28)26(24)29;1-3-25(32)29-13-11-19(16-29)31-22-10-12-28-15-23(22)30(26(31)33)18-6-4-7-20(14-18)34-24-9-5-8-21(27)17(24)2/h2*2-8,11,13,15-17,20-21H,1,9-10,12,14,18H2;2-16H,1H2,(H,31,34);3-10,12,14-15,19H,1,11,13,16H2,2H3/t2*20-;;19-/m11.1/s1. The fraction of sp³-hybridized carbons (Fsp3) is 0.174. The number of aromatic nitrogens is 12. The summed E-state index contributed by atoms with van der Waals surface area (Å²) in [5.41, 5.74) is 8.68. The van der Waals surface area contributed by atoms with Crippen LogP contribution in [-0.4, -0.2) is 146 Å². The Kier molecular flexibility index (Phi) is 27.0. The highest BCUT2D eigenvalue weighted by Crippen LogP contribution is 2.39. The van der Waals surface area contributed by atoms with Gasteiger partial charge in [-0.1, -0.05) is 86.4 Å². The number of nitrogens with zero attached hydrogens (tertiary/aromatic N) is 15. The number of anilines is 1. The third-order valence-corrected chi connectivity index (χ3v) is 25.2. The van der Waals surface area contributed by atoms with Crippen molar-refractivity contribution in [2.45, 2.75) is 82.2 Å². The summed E-state index contributed by atoms with van der Waals surface area (Å²) >= 11 is 5.83. The molecule has 5 fully saturated rings. The third-order valence-electron chi connectivity index (χ3n) is 24.9. The number of carbonyl (C=O) groups excluding carboxylic acids is 4. The maximum absolute atomic E-state index is 14.2. The first kappa shape index (κ1) is 93.5. The Morgan fingerprint density at radius 2 is 0.711 bits per heavy atom. The normalized spacial score (nSPS) is 15.3. The molecule has 33 heteroatoms. The molecule has 5 aliphatic rings. The van der Waals surface area contributed by atoms with Crippen LogP contribution in [0.3, 0.4) is 0 Å². The summed E-state index contributed by atoms with van der Waals surface area (Å²) in [4.78, 5) is 125. The Labute approximate surface area is 815 Å². The summed E-state index contributed by atoms with van der Waals surface area (Å²) in [6.45, 7) is 18.9. The van der Waals surface area contributed by atoms with Crippen LogP contribution in [0.5, 0.6) is 57.5 Å². The topological polar surface area (TPSA) is 305 Å². The number of imidazole rings is 4. The Morgan fingerprint density at radius 3 is 1.14 bits per heavy atom. The number of fused-ring (bicyclic) bond motifs is 4. The van der Waals surface area contributed by atoms with Gasteiger partial charge in [0.25, 0.3) is 0 Å². The van der Waals surface area contributed by atoms with Crippen molar-refractivity contribution in [2.75, 3.05) is 44.6 Å². The van der Waals surface area contributed by atoms with Gasteiger partial charge in [-0.25, -0.2) is 28.0 Å². The molecule has 22 rings (SSSR count). The first-order valence-corrected chi connectivity index (χ1v) is 46.4. The van der Waals surface area contributed by atoms with E-state index in [1.54, 1.807) is 190 Å². The van der Waals surface area contributed by atoms with Crippen LogP contribution in [0.2, 0.25) is 5.02 Å². The molecule has 0 radical (unpaired) electrons. The second-order valence-corrected chi connectivity index (χ2v) is 34.7. The summed E-state index contributed by atoms with van der Waals surface area (Å²) in [6, 6.07) is 66.7. The SMILES string of the molecule is C=CC(=O)N1CC[C@@H](n2c(=O)n(-c3cccc(Oc4cccc(F)c4C)c3)c3cnccc32)C1.C=CC(=O)N1CC[C@@H](n2c(=O)n(-c3cccc(Oc4cccc(OC5CC5)c4)c3)c3cnccc32)C1.C=CC(=O)N1CC[C@@H](n2c(=O)n(-c3cccc(Oc4cccc(OC5CC5)c4)c3)c3cnccc32)C1.C=CC(=O)Nc1cccc(-n2c(=O)n(-c3ccc(Oc4cccc(Cl)c4F)cc3)c3cnccc32)c1. The van der Waals surface area contributed by atoms with Crippen LogP contribution in [0, 0.1) is 18.6 Å². The Bertz CT molecular complexity index is 7820. The lowest BCUT2D eigenvalue weighted by Gasteiger charge is -2.15. The van der Waals surface area contributed by atoms with Crippen molar-refractivity contribution in [3.63, 3.8) is 0 Å². The molecule has 8 aromatic heterocycles. The van der Waals surface area contributed by atoms with E-state index < -0.39 is 5.82 Å². The molecule has 3 atom stereocenters. The molecule has 142 heavy (non-hydrogen) atoms. The molecular weight excluding hydrogens is 1830 g/mol. The molecule has 2 aliphatic carbocycles. The zero-order valence-corrected chi connectivity index (χ0v) is 77.6. The van der Waals surface area contributed by atoms with E-state index >= 15 is 0 Å². The largest absolute Gasteiger partial charge is 0.490 e. The first-order chi connectivity index (χ1) is 69.1. The van der Waals surface area contributed by atoms with E-state index in [-0.39, 0.29) is 81.1 Å². The van der Waals surface area contributed by atoms with E-state index in [1.807, 2.05) is 121 Å². The second kappa shape index (κ2) is 41.0. The average Bonchev–Trinajstić information content (AvgIpc) is 1.61. The van der Waals surface area contributed by atoms with Crippen molar-refractivity contribution in [3.8, 4) is 85.9 Å². The molecular formula is C109H93ClF2N16O14. The number of nitrogens with one attached hydrogen (secondary N) is 1. The highest BCUT2D eigenvalue weighted by atomic mass is 35.5. The zero-order chi connectivity index (χ0) is 98.3.